The zero-order chi connectivity index (χ0) is 17.1. The number of amides is 1. The Balaban J connectivity index is 2.59. The Morgan fingerprint density at radius 2 is 1.96 bits per heavy atom. The van der Waals surface area contributed by atoms with E-state index in [9.17, 15) is 14.7 Å². The Kier molecular flexibility index (Phi) is 5.21. The number of carbonyl (C=O) groups is 2. The third-order valence-electron chi connectivity index (χ3n) is 3.56. The lowest BCUT2D eigenvalue weighted by atomic mass is 10.1. The minimum absolute atomic E-state index is 0.0731. The SMILES string of the molecule is CCC(=O)N(c1cc(-c2cccc(C)c2)sc1C(=O)O)C(C)C. The maximum atomic E-state index is 12.3. The molecule has 1 amide bonds. The molecule has 0 radical (unpaired) electrons. The van der Waals surface area contributed by atoms with E-state index in [1.807, 2.05) is 51.1 Å². The van der Waals surface area contributed by atoms with Crippen LogP contribution in [0.15, 0.2) is 30.3 Å². The quantitative estimate of drug-likeness (QED) is 0.873. The zero-order valence-corrected chi connectivity index (χ0v) is 14.6. The van der Waals surface area contributed by atoms with Gasteiger partial charge >= 0.3 is 5.97 Å². The predicted molar refractivity (Wildman–Crippen MR) is 94.4 cm³/mol. The van der Waals surface area contributed by atoms with Gasteiger partial charge in [-0.2, -0.15) is 0 Å². The third-order valence-corrected chi connectivity index (χ3v) is 4.72. The molecule has 1 aromatic carbocycles. The first-order chi connectivity index (χ1) is 10.8. The lowest BCUT2D eigenvalue weighted by molar-refractivity contribution is -0.118. The molecular weight excluding hydrogens is 310 g/mol. The summed E-state index contributed by atoms with van der Waals surface area (Å²) >= 11 is 1.21. The number of carboxylic acids is 1. The van der Waals surface area contributed by atoms with Crippen molar-refractivity contribution < 1.29 is 14.7 Å². The van der Waals surface area contributed by atoms with Gasteiger partial charge in [0.2, 0.25) is 5.91 Å². The number of hydrogen-bond acceptors (Lipinski definition) is 3. The van der Waals surface area contributed by atoms with Gasteiger partial charge in [0.05, 0.1) is 5.69 Å². The van der Waals surface area contributed by atoms with Crippen molar-refractivity contribution >= 4 is 28.9 Å². The summed E-state index contributed by atoms with van der Waals surface area (Å²) in [7, 11) is 0. The molecule has 1 heterocycles. The third kappa shape index (κ3) is 3.62. The molecule has 4 nitrogen and oxygen atoms in total. The Morgan fingerprint density at radius 1 is 1.26 bits per heavy atom. The molecule has 2 rings (SSSR count). The van der Waals surface area contributed by atoms with Crippen molar-refractivity contribution in [2.24, 2.45) is 0 Å². The molecule has 0 bridgehead atoms. The van der Waals surface area contributed by atoms with Gasteiger partial charge in [-0.1, -0.05) is 36.8 Å². The molecule has 0 fully saturated rings. The van der Waals surface area contributed by atoms with Gasteiger partial charge in [-0.25, -0.2) is 4.79 Å². The van der Waals surface area contributed by atoms with Crippen LogP contribution in [0.2, 0.25) is 0 Å². The maximum absolute atomic E-state index is 12.3. The minimum Gasteiger partial charge on any atom is -0.477 e. The van der Waals surface area contributed by atoms with Crippen LogP contribution in [0.4, 0.5) is 5.69 Å². The van der Waals surface area contributed by atoms with Crippen LogP contribution in [-0.4, -0.2) is 23.0 Å². The summed E-state index contributed by atoms with van der Waals surface area (Å²) in [5.41, 5.74) is 2.57. The Morgan fingerprint density at radius 3 is 2.48 bits per heavy atom. The van der Waals surface area contributed by atoms with Gasteiger partial charge in [0.1, 0.15) is 4.88 Å². The largest absolute Gasteiger partial charge is 0.477 e. The number of thiophene rings is 1. The Labute approximate surface area is 140 Å². The van der Waals surface area contributed by atoms with Crippen molar-refractivity contribution in [1.29, 1.82) is 0 Å². The first-order valence-corrected chi connectivity index (χ1v) is 8.43. The fourth-order valence-corrected chi connectivity index (χ4v) is 3.51. The van der Waals surface area contributed by atoms with E-state index in [1.165, 1.54) is 11.3 Å². The van der Waals surface area contributed by atoms with Gasteiger partial charge in [0.25, 0.3) is 0 Å². The summed E-state index contributed by atoms with van der Waals surface area (Å²) in [6.07, 6.45) is 0.340. The zero-order valence-electron chi connectivity index (χ0n) is 13.8. The van der Waals surface area contributed by atoms with Crippen molar-refractivity contribution in [3.8, 4) is 10.4 Å². The highest BCUT2D eigenvalue weighted by Crippen LogP contribution is 2.38. The van der Waals surface area contributed by atoms with Crippen LogP contribution >= 0.6 is 11.3 Å². The van der Waals surface area contributed by atoms with Crippen molar-refractivity contribution in [2.75, 3.05) is 4.90 Å². The number of carboxylic acid groups (broad SMARTS) is 1. The van der Waals surface area contributed by atoms with Crippen molar-refractivity contribution in [3.63, 3.8) is 0 Å². The molecule has 0 aliphatic carbocycles. The van der Waals surface area contributed by atoms with Crippen molar-refractivity contribution in [2.45, 2.75) is 40.2 Å². The molecule has 0 saturated heterocycles. The Hall–Kier alpha value is -2.14. The van der Waals surface area contributed by atoms with Gasteiger partial charge in [-0.05, 0) is 32.4 Å². The highest BCUT2D eigenvalue weighted by molar-refractivity contribution is 7.18. The summed E-state index contributed by atoms with van der Waals surface area (Å²) in [4.78, 5) is 26.6. The number of aryl methyl sites for hydroxylation is 1. The standard InChI is InChI=1S/C18H21NO3S/c1-5-16(20)19(11(2)3)14-10-15(23-17(14)18(21)22)13-8-6-7-12(4)9-13/h6-11H,5H2,1-4H3,(H,21,22). The highest BCUT2D eigenvalue weighted by Gasteiger charge is 2.26. The van der Waals surface area contributed by atoms with Crippen LogP contribution < -0.4 is 4.90 Å². The lowest BCUT2D eigenvalue weighted by Gasteiger charge is -2.26. The van der Waals surface area contributed by atoms with E-state index in [-0.39, 0.29) is 16.8 Å². The molecule has 0 saturated carbocycles. The molecular formula is C18H21NO3S. The molecule has 0 spiro atoms. The molecule has 0 aliphatic rings. The average molecular weight is 331 g/mol. The van der Waals surface area contributed by atoms with E-state index in [2.05, 4.69) is 0 Å². The van der Waals surface area contributed by atoms with Gasteiger partial charge in [-0.3, -0.25) is 4.79 Å². The normalized spacial score (nSPS) is 10.8. The summed E-state index contributed by atoms with van der Waals surface area (Å²) < 4.78 is 0. The molecule has 2 aromatic rings. The summed E-state index contributed by atoms with van der Waals surface area (Å²) in [6.45, 7) is 7.57. The first kappa shape index (κ1) is 17.2. The fourth-order valence-electron chi connectivity index (χ4n) is 2.53. The molecule has 0 aliphatic heterocycles. The monoisotopic (exact) mass is 331 g/mol. The number of aromatic carboxylic acids is 1. The topological polar surface area (TPSA) is 57.6 Å². The van der Waals surface area contributed by atoms with Gasteiger partial charge in [-0.15, -0.1) is 11.3 Å². The number of benzene rings is 1. The number of rotatable bonds is 5. The first-order valence-electron chi connectivity index (χ1n) is 7.61. The molecule has 0 atom stereocenters. The summed E-state index contributed by atoms with van der Waals surface area (Å²) in [6, 6.07) is 9.63. The van der Waals surface area contributed by atoms with Crippen LogP contribution in [0.1, 0.15) is 42.4 Å². The second-order valence-electron chi connectivity index (χ2n) is 5.71. The minimum atomic E-state index is -1.00. The van der Waals surface area contributed by atoms with E-state index < -0.39 is 5.97 Å². The van der Waals surface area contributed by atoms with E-state index in [4.69, 9.17) is 0 Å². The van der Waals surface area contributed by atoms with Gasteiger partial charge in [0, 0.05) is 17.3 Å². The second kappa shape index (κ2) is 6.96. The van der Waals surface area contributed by atoms with E-state index >= 15 is 0 Å². The fraction of sp³-hybridized carbons (Fsp3) is 0.333. The van der Waals surface area contributed by atoms with Crippen LogP contribution in [-0.2, 0) is 4.79 Å². The van der Waals surface area contributed by atoms with Crippen molar-refractivity contribution in [3.05, 3.63) is 40.8 Å². The Bertz CT molecular complexity index is 734. The second-order valence-corrected chi connectivity index (χ2v) is 6.76. The number of anilines is 1. The van der Waals surface area contributed by atoms with E-state index in [0.29, 0.717) is 12.1 Å². The smallest absolute Gasteiger partial charge is 0.348 e. The average Bonchev–Trinajstić information content (AvgIpc) is 2.92. The predicted octanol–water partition coefficient (Wildman–Crippen LogP) is 4.57. The van der Waals surface area contributed by atoms with Gasteiger partial charge in [0.15, 0.2) is 0 Å². The van der Waals surface area contributed by atoms with Crippen molar-refractivity contribution in [1.82, 2.24) is 0 Å². The van der Waals surface area contributed by atoms with Gasteiger partial charge < -0.3 is 10.0 Å². The van der Waals surface area contributed by atoms with Crippen LogP contribution in [0.3, 0.4) is 0 Å². The molecule has 0 unspecified atom stereocenters. The number of carbonyl (C=O) groups excluding carboxylic acids is 1. The van der Waals surface area contributed by atoms with Crippen LogP contribution in [0.5, 0.6) is 0 Å². The molecule has 122 valence electrons. The molecule has 1 N–H and O–H groups in total. The summed E-state index contributed by atoms with van der Waals surface area (Å²) in [5, 5.41) is 9.54. The maximum Gasteiger partial charge on any atom is 0.348 e. The highest BCUT2D eigenvalue weighted by atomic mass is 32.1. The van der Waals surface area contributed by atoms with E-state index in [0.717, 1.165) is 16.0 Å². The lowest BCUT2D eigenvalue weighted by Crippen LogP contribution is -2.37. The van der Waals surface area contributed by atoms with Crippen LogP contribution in [0.25, 0.3) is 10.4 Å². The number of nitrogens with zero attached hydrogens (tertiary/aromatic N) is 1. The summed E-state index contributed by atoms with van der Waals surface area (Å²) in [5.74, 6) is -1.07. The molecule has 1 aromatic heterocycles. The molecule has 5 heteroatoms. The van der Waals surface area contributed by atoms with E-state index in [1.54, 1.807) is 11.8 Å². The number of hydrogen-bond donors (Lipinski definition) is 1. The molecule has 23 heavy (non-hydrogen) atoms. The van der Waals surface area contributed by atoms with Crippen LogP contribution in [0, 0.1) is 6.92 Å².